The average Bonchev–Trinajstić information content (AvgIpc) is 3.03. The quantitative estimate of drug-likeness (QED) is 0.651. The normalized spacial score (nSPS) is 16.2. The van der Waals surface area contributed by atoms with Crippen molar-refractivity contribution in [3.05, 3.63) is 80.9 Å². The van der Waals surface area contributed by atoms with E-state index in [-0.39, 0.29) is 23.0 Å². The number of esters is 1. The first-order chi connectivity index (χ1) is 14.4. The molecule has 1 aliphatic heterocycles. The maximum Gasteiger partial charge on any atom is 0.344 e. The molecule has 0 saturated heterocycles. The molecular formula is C22H18ClNO5S. The first-order valence-electron chi connectivity index (χ1n) is 8.96. The molecular weight excluding hydrogens is 426 g/mol. The molecule has 0 spiro atoms. The van der Waals surface area contributed by atoms with E-state index in [4.69, 9.17) is 21.1 Å². The first kappa shape index (κ1) is 21.7. The predicted molar refractivity (Wildman–Crippen MR) is 118 cm³/mol. The third-order valence-corrected chi connectivity index (χ3v) is 5.38. The number of rotatable bonds is 5. The van der Waals surface area contributed by atoms with Crippen molar-refractivity contribution >= 4 is 46.4 Å². The molecule has 0 aromatic heterocycles. The third-order valence-electron chi connectivity index (χ3n) is 4.07. The smallest absolute Gasteiger partial charge is 0.344 e. The van der Waals surface area contributed by atoms with Gasteiger partial charge in [-0.15, -0.1) is 0 Å². The second-order valence-electron chi connectivity index (χ2n) is 6.04. The van der Waals surface area contributed by atoms with Gasteiger partial charge in [0.2, 0.25) is 0 Å². The molecule has 3 rings (SSSR count). The van der Waals surface area contributed by atoms with E-state index in [0.717, 1.165) is 11.8 Å². The summed E-state index contributed by atoms with van der Waals surface area (Å²) < 4.78 is 10.2. The van der Waals surface area contributed by atoms with Crippen molar-refractivity contribution in [3.8, 4) is 5.75 Å². The molecule has 0 atom stereocenters. The van der Waals surface area contributed by atoms with Crippen LogP contribution in [0.15, 0.2) is 69.8 Å². The maximum absolute atomic E-state index is 12.5. The van der Waals surface area contributed by atoms with Crippen LogP contribution in [-0.4, -0.2) is 35.7 Å². The maximum atomic E-state index is 12.5. The Morgan fingerprint density at radius 3 is 2.57 bits per heavy atom. The zero-order valence-corrected chi connectivity index (χ0v) is 17.8. The number of aliphatic hydroxyl groups excluding tert-OH is 1. The number of aliphatic hydroxyl groups is 1. The number of hydrogen-bond acceptors (Lipinski definition) is 6. The predicted octanol–water partition coefficient (Wildman–Crippen LogP) is 5.05. The van der Waals surface area contributed by atoms with E-state index in [0.29, 0.717) is 26.8 Å². The monoisotopic (exact) mass is 443 g/mol. The largest absolute Gasteiger partial charge is 0.506 e. The number of carbonyl (C=O) groups excluding carboxylic acids is 2. The fourth-order valence-corrected chi connectivity index (χ4v) is 3.93. The number of ether oxygens (including phenoxy) is 2. The summed E-state index contributed by atoms with van der Waals surface area (Å²) in [6, 6.07) is 13.6. The van der Waals surface area contributed by atoms with Crippen LogP contribution in [-0.2, 0) is 9.53 Å². The SMILES string of the molecule is CCOC(=O)C1=C(O)/C(=C/c2ccc(OC)c(Cl)c2)SC1=NC(=O)c1ccccc1. The van der Waals surface area contributed by atoms with E-state index >= 15 is 0 Å². The number of aliphatic imine (C=N–C) groups is 1. The molecule has 1 amide bonds. The molecule has 8 heteroatoms. The second kappa shape index (κ2) is 9.65. The van der Waals surface area contributed by atoms with Gasteiger partial charge in [0.1, 0.15) is 22.1 Å². The summed E-state index contributed by atoms with van der Waals surface area (Å²) >= 11 is 7.16. The molecule has 0 saturated carbocycles. The topological polar surface area (TPSA) is 85.2 Å². The van der Waals surface area contributed by atoms with Crippen molar-refractivity contribution in [2.75, 3.05) is 13.7 Å². The fraction of sp³-hybridized carbons (Fsp3) is 0.136. The van der Waals surface area contributed by atoms with Crippen molar-refractivity contribution in [2.45, 2.75) is 6.92 Å². The van der Waals surface area contributed by atoms with Crippen molar-refractivity contribution in [2.24, 2.45) is 4.99 Å². The van der Waals surface area contributed by atoms with Gasteiger partial charge in [0.25, 0.3) is 5.91 Å². The summed E-state index contributed by atoms with van der Waals surface area (Å²) in [4.78, 5) is 29.3. The molecule has 1 aliphatic rings. The van der Waals surface area contributed by atoms with Crippen LogP contribution in [0.3, 0.4) is 0 Å². The minimum atomic E-state index is -0.752. The number of nitrogens with zero attached hydrogens (tertiary/aromatic N) is 1. The van der Waals surface area contributed by atoms with Gasteiger partial charge in [-0.3, -0.25) is 4.79 Å². The Morgan fingerprint density at radius 2 is 1.93 bits per heavy atom. The number of thioether (sulfide) groups is 1. The highest BCUT2D eigenvalue weighted by Gasteiger charge is 2.34. The lowest BCUT2D eigenvalue weighted by Crippen LogP contribution is -2.14. The molecule has 2 aromatic carbocycles. The number of halogens is 1. The molecule has 30 heavy (non-hydrogen) atoms. The lowest BCUT2D eigenvalue weighted by molar-refractivity contribution is -0.138. The van der Waals surface area contributed by atoms with Crippen molar-refractivity contribution in [1.82, 2.24) is 0 Å². The van der Waals surface area contributed by atoms with Gasteiger partial charge in [-0.2, -0.15) is 0 Å². The van der Waals surface area contributed by atoms with Gasteiger partial charge in [-0.05, 0) is 42.8 Å². The van der Waals surface area contributed by atoms with Crippen LogP contribution in [0.5, 0.6) is 5.75 Å². The molecule has 154 valence electrons. The van der Waals surface area contributed by atoms with Gasteiger partial charge >= 0.3 is 5.97 Å². The van der Waals surface area contributed by atoms with Crippen LogP contribution in [0.25, 0.3) is 6.08 Å². The Labute approximate surface area is 182 Å². The summed E-state index contributed by atoms with van der Waals surface area (Å²) in [7, 11) is 1.51. The van der Waals surface area contributed by atoms with Gasteiger partial charge in [0.15, 0.2) is 0 Å². The molecule has 0 aliphatic carbocycles. The van der Waals surface area contributed by atoms with Gasteiger partial charge in [-0.1, -0.05) is 47.6 Å². The Kier molecular flexibility index (Phi) is 6.97. The third kappa shape index (κ3) is 4.75. The van der Waals surface area contributed by atoms with E-state index in [1.807, 2.05) is 0 Å². The molecule has 0 unspecified atom stereocenters. The summed E-state index contributed by atoms with van der Waals surface area (Å²) in [6.45, 7) is 1.77. The van der Waals surface area contributed by atoms with E-state index in [1.165, 1.54) is 7.11 Å². The lowest BCUT2D eigenvalue weighted by atomic mass is 10.1. The number of methoxy groups -OCH3 is 1. The van der Waals surface area contributed by atoms with Crippen molar-refractivity contribution in [1.29, 1.82) is 0 Å². The van der Waals surface area contributed by atoms with Crippen LogP contribution >= 0.6 is 23.4 Å². The van der Waals surface area contributed by atoms with Gasteiger partial charge in [0.05, 0.1) is 23.6 Å². The Bertz CT molecular complexity index is 1080. The molecule has 0 radical (unpaired) electrons. The Morgan fingerprint density at radius 1 is 1.20 bits per heavy atom. The van der Waals surface area contributed by atoms with Crippen molar-refractivity contribution < 1.29 is 24.2 Å². The molecule has 6 nitrogen and oxygen atoms in total. The number of carbonyl (C=O) groups is 2. The second-order valence-corrected chi connectivity index (χ2v) is 7.47. The van der Waals surface area contributed by atoms with Crippen LogP contribution < -0.4 is 4.74 Å². The van der Waals surface area contributed by atoms with Gasteiger partial charge in [0, 0.05) is 5.56 Å². The zero-order chi connectivity index (χ0) is 21.7. The summed E-state index contributed by atoms with van der Waals surface area (Å²) in [5.41, 5.74) is 0.901. The lowest BCUT2D eigenvalue weighted by Gasteiger charge is -2.04. The highest BCUT2D eigenvalue weighted by molar-refractivity contribution is 8.18. The minimum absolute atomic E-state index is 0.0747. The average molecular weight is 444 g/mol. The summed E-state index contributed by atoms with van der Waals surface area (Å²) in [5, 5.41) is 11.1. The highest BCUT2D eigenvalue weighted by atomic mass is 35.5. The number of benzene rings is 2. The van der Waals surface area contributed by atoms with Crippen LogP contribution in [0.4, 0.5) is 0 Å². The van der Waals surface area contributed by atoms with Gasteiger partial charge in [-0.25, -0.2) is 9.79 Å². The molecule has 0 bridgehead atoms. The number of amides is 1. The van der Waals surface area contributed by atoms with Crippen LogP contribution in [0, 0.1) is 0 Å². The van der Waals surface area contributed by atoms with Crippen LogP contribution in [0.1, 0.15) is 22.8 Å². The number of hydrogen-bond donors (Lipinski definition) is 1. The highest BCUT2D eigenvalue weighted by Crippen LogP contribution is 2.40. The van der Waals surface area contributed by atoms with Crippen LogP contribution in [0.2, 0.25) is 5.02 Å². The Balaban J connectivity index is 2.01. The summed E-state index contributed by atoms with van der Waals surface area (Å²) in [6.07, 6.45) is 1.64. The molecule has 0 fully saturated rings. The van der Waals surface area contributed by atoms with Crippen molar-refractivity contribution in [3.63, 3.8) is 0 Å². The molecule has 1 N–H and O–H groups in total. The van der Waals surface area contributed by atoms with Gasteiger partial charge < -0.3 is 14.6 Å². The Hall–Kier alpha value is -3.03. The minimum Gasteiger partial charge on any atom is -0.506 e. The van der Waals surface area contributed by atoms with E-state index in [9.17, 15) is 14.7 Å². The first-order valence-corrected chi connectivity index (χ1v) is 10.2. The fourth-order valence-electron chi connectivity index (χ4n) is 2.65. The zero-order valence-electron chi connectivity index (χ0n) is 16.2. The van der Waals surface area contributed by atoms with E-state index in [1.54, 1.807) is 61.5 Å². The summed E-state index contributed by atoms with van der Waals surface area (Å²) in [5.74, 6) is -1.06. The molecule has 2 aromatic rings. The standard InChI is InChI=1S/C22H18ClNO5S/c1-3-29-22(27)18-19(25)17(12-13-9-10-16(28-2)15(23)11-13)30-21(18)24-20(26)14-7-5-4-6-8-14/h4-12,25H,3H2,1-2H3/b17-12-,24-21?. The van der Waals surface area contributed by atoms with E-state index < -0.39 is 11.9 Å². The van der Waals surface area contributed by atoms with E-state index in [2.05, 4.69) is 4.99 Å². The molecule has 1 heterocycles.